The first-order valence-corrected chi connectivity index (χ1v) is 5.35. The number of hydrogen-bond donors (Lipinski definition) is 0. The zero-order valence-corrected chi connectivity index (χ0v) is 8.49. The van der Waals surface area contributed by atoms with E-state index in [1.807, 2.05) is 6.07 Å². The number of carbonyl (C=O) groups excluding carboxylic acids is 1. The Labute approximate surface area is 88.7 Å². The van der Waals surface area contributed by atoms with E-state index in [1.165, 1.54) is 21.9 Å². The highest BCUT2D eigenvalue weighted by Crippen LogP contribution is 2.25. The summed E-state index contributed by atoms with van der Waals surface area (Å²) < 4.78 is 0. The minimum absolute atomic E-state index is 0.373. The van der Waals surface area contributed by atoms with Gasteiger partial charge in [0.1, 0.15) is 5.78 Å². The van der Waals surface area contributed by atoms with Gasteiger partial charge >= 0.3 is 0 Å². The fourth-order valence-electron chi connectivity index (χ4n) is 2.31. The molecular formula is C14H12O. The summed E-state index contributed by atoms with van der Waals surface area (Å²) in [6.45, 7) is 0. The molecule has 1 aliphatic carbocycles. The van der Waals surface area contributed by atoms with Gasteiger partial charge in [0.05, 0.1) is 0 Å². The maximum Gasteiger partial charge on any atom is 0.137 e. The SMILES string of the molecule is O=C1CCc2cc3ccccc3cc2C1. The van der Waals surface area contributed by atoms with Crippen LogP contribution in [-0.4, -0.2) is 5.78 Å². The van der Waals surface area contributed by atoms with Crippen LogP contribution >= 0.6 is 0 Å². The van der Waals surface area contributed by atoms with Crippen LogP contribution in [0.5, 0.6) is 0 Å². The van der Waals surface area contributed by atoms with Gasteiger partial charge in [-0.1, -0.05) is 36.4 Å². The van der Waals surface area contributed by atoms with Gasteiger partial charge in [0.2, 0.25) is 0 Å². The van der Waals surface area contributed by atoms with Crippen molar-refractivity contribution in [2.75, 3.05) is 0 Å². The average Bonchev–Trinajstić information content (AvgIpc) is 2.26. The molecule has 0 saturated carbocycles. The summed E-state index contributed by atoms with van der Waals surface area (Å²) in [4.78, 5) is 11.4. The second-order valence-electron chi connectivity index (χ2n) is 4.18. The highest BCUT2D eigenvalue weighted by molar-refractivity contribution is 5.89. The number of hydrogen-bond acceptors (Lipinski definition) is 1. The third kappa shape index (κ3) is 1.44. The summed E-state index contributed by atoms with van der Waals surface area (Å²) in [6, 6.07) is 12.7. The summed E-state index contributed by atoms with van der Waals surface area (Å²) >= 11 is 0. The molecule has 74 valence electrons. The summed E-state index contributed by atoms with van der Waals surface area (Å²) in [6.07, 6.45) is 2.25. The second-order valence-corrected chi connectivity index (χ2v) is 4.18. The zero-order valence-electron chi connectivity index (χ0n) is 8.49. The molecule has 0 saturated heterocycles. The Morgan fingerprint density at radius 3 is 2.27 bits per heavy atom. The molecule has 0 unspecified atom stereocenters. The van der Waals surface area contributed by atoms with Crippen molar-refractivity contribution in [3.05, 3.63) is 47.5 Å². The first-order chi connectivity index (χ1) is 7.33. The molecular weight excluding hydrogens is 184 g/mol. The Morgan fingerprint density at radius 1 is 0.867 bits per heavy atom. The van der Waals surface area contributed by atoms with Crippen LogP contribution in [0.2, 0.25) is 0 Å². The van der Waals surface area contributed by atoms with E-state index in [4.69, 9.17) is 0 Å². The Kier molecular flexibility index (Phi) is 1.84. The first-order valence-electron chi connectivity index (χ1n) is 5.35. The van der Waals surface area contributed by atoms with Crippen LogP contribution < -0.4 is 0 Å². The molecule has 0 spiro atoms. The van der Waals surface area contributed by atoms with E-state index in [-0.39, 0.29) is 0 Å². The van der Waals surface area contributed by atoms with E-state index >= 15 is 0 Å². The van der Waals surface area contributed by atoms with Crippen LogP contribution in [0, 0.1) is 0 Å². The quantitative estimate of drug-likeness (QED) is 0.633. The Bertz CT molecular complexity index is 540. The molecule has 1 aliphatic rings. The van der Waals surface area contributed by atoms with Gasteiger partial charge in [-0.25, -0.2) is 0 Å². The van der Waals surface area contributed by atoms with Crippen LogP contribution in [0.4, 0.5) is 0 Å². The number of Topliss-reactive ketones (excluding diaryl/α,β-unsaturated/α-hetero) is 1. The summed E-state index contributed by atoms with van der Waals surface area (Å²) in [5.41, 5.74) is 2.58. The lowest BCUT2D eigenvalue weighted by atomic mass is 9.89. The van der Waals surface area contributed by atoms with Crippen molar-refractivity contribution in [3.8, 4) is 0 Å². The van der Waals surface area contributed by atoms with E-state index < -0.39 is 0 Å². The summed E-state index contributed by atoms with van der Waals surface area (Å²) in [7, 11) is 0. The van der Waals surface area contributed by atoms with Gasteiger partial charge in [0, 0.05) is 12.8 Å². The lowest BCUT2D eigenvalue weighted by molar-refractivity contribution is -0.118. The van der Waals surface area contributed by atoms with E-state index in [1.54, 1.807) is 0 Å². The predicted octanol–water partition coefficient (Wildman–Crippen LogP) is 2.90. The average molecular weight is 196 g/mol. The Morgan fingerprint density at radius 2 is 1.53 bits per heavy atom. The van der Waals surface area contributed by atoms with Gasteiger partial charge in [0.15, 0.2) is 0 Å². The number of benzene rings is 2. The third-order valence-electron chi connectivity index (χ3n) is 3.13. The number of fused-ring (bicyclic) bond motifs is 2. The molecule has 0 heterocycles. The molecule has 2 aromatic rings. The fourth-order valence-corrected chi connectivity index (χ4v) is 2.31. The first kappa shape index (κ1) is 8.66. The highest BCUT2D eigenvalue weighted by atomic mass is 16.1. The summed E-state index contributed by atoms with van der Waals surface area (Å²) in [5.74, 6) is 0.373. The monoisotopic (exact) mass is 196 g/mol. The second kappa shape index (κ2) is 3.20. The van der Waals surface area contributed by atoms with Crippen molar-refractivity contribution in [2.24, 2.45) is 0 Å². The van der Waals surface area contributed by atoms with Gasteiger partial charge in [-0.15, -0.1) is 0 Å². The largest absolute Gasteiger partial charge is 0.299 e. The minimum atomic E-state index is 0.373. The van der Waals surface area contributed by atoms with E-state index in [2.05, 4.69) is 30.3 Å². The van der Waals surface area contributed by atoms with Crippen molar-refractivity contribution in [3.63, 3.8) is 0 Å². The molecule has 1 heteroatoms. The highest BCUT2D eigenvalue weighted by Gasteiger charge is 2.15. The molecule has 3 rings (SSSR count). The number of aryl methyl sites for hydroxylation is 1. The topological polar surface area (TPSA) is 17.1 Å². The lowest BCUT2D eigenvalue weighted by Gasteiger charge is -2.15. The fraction of sp³-hybridized carbons (Fsp3) is 0.214. The molecule has 15 heavy (non-hydrogen) atoms. The maximum atomic E-state index is 11.4. The van der Waals surface area contributed by atoms with Crippen molar-refractivity contribution >= 4 is 16.6 Å². The molecule has 0 N–H and O–H groups in total. The molecule has 0 radical (unpaired) electrons. The van der Waals surface area contributed by atoms with E-state index in [0.717, 1.165) is 6.42 Å². The van der Waals surface area contributed by atoms with Gasteiger partial charge in [-0.2, -0.15) is 0 Å². The zero-order chi connectivity index (χ0) is 10.3. The van der Waals surface area contributed by atoms with Crippen LogP contribution in [0.15, 0.2) is 36.4 Å². The van der Waals surface area contributed by atoms with Crippen molar-refractivity contribution in [1.82, 2.24) is 0 Å². The molecule has 0 atom stereocenters. The predicted molar refractivity (Wildman–Crippen MR) is 61.0 cm³/mol. The third-order valence-corrected chi connectivity index (χ3v) is 3.13. The van der Waals surface area contributed by atoms with Crippen molar-refractivity contribution < 1.29 is 4.79 Å². The molecule has 0 fully saturated rings. The Balaban J connectivity index is 2.24. The lowest BCUT2D eigenvalue weighted by Crippen LogP contribution is -2.12. The molecule has 1 nitrogen and oxygen atoms in total. The van der Waals surface area contributed by atoms with Crippen LogP contribution in [0.1, 0.15) is 17.5 Å². The van der Waals surface area contributed by atoms with Crippen LogP contribution in [0.25, 0.3) is 10.8 Å². The summed E-state index contributed by atoms with van der Waals surface area (Å²) in [5, 5.41) is 2.52. The van der Waals surface area contributed by atoms with E-state index in [9.17, 15) is 4.79 Å². The van der Waals surface area contributed by atoms with Crippen molar-refractivity contribution in [1.29, 1.82) is 0 Å². The van der Waals surface area contributed by atoms with Crippen LogP contribution in [-0.2, 0) is 17.6 Å². The Hall–Kier alpha value is -1.63. The van der Waals surface area contributed by atoms with E-state index in [0.29, 0.717) is 18.6 Å². The normalized spacial score (nSPS) is 15.3. The van der Waals surface area contributed by atoms with Gasteiger partial charge in [-0.3, -0.25) is 4.79 Å². The molecule has 0 bridgehead atoms. The smallest absolute Gasteiger partial charge is 0.137 e. The number of ketones is 1. The van der Waals surface area contributed by atoms with Crippen LogP contribution in [0.3, 0.4) is 0 Å². The molecule has 0 aromatic heterocycles. The minimum Gasteiger partial charge on any atom is -0.299 e. The van der Waals surface area contributed by atoms with Gasteiger partial charge in [-0.05, 0) is 28.3 Å². The maximum absolute atomic E-state index is 11.4. The van der Waals surface area contributed by atoms with Crippen molar-refractivity contribution in [2.45, 2.75) is 19.3 Å². The number of carbonyl (C=O) groups is 1. The van der Waals surface area contributed by atoms with Gasteiger partial charge in [0.25, 0.3) is 0 Å². The van der Waals surface area contributed by atoms with Gasteiger partial charge < -0.3 is 0 Å². The molecule has 2 aromatic carbocycles. The molecule has 0 aliphatic heterocycles. The molecule has 0 amide bonds. The standard InChI is InChI=1S/C14H12O/c15-14-6-5-12-7-10-3-1-2-4-11(10)8-13(12)9-14/h1-4,7-8H,5-6,9H2. The number of rotatable bonds is 0.